The van der Waals surface area contributed by atoms with E-state index in [0.29, 0.717) is 12.1 Å². The molecule has 3 heterocycles. The topological polar surface area (TPSA) is 81.6 Å². The normalized spacial score (nSPS) is 18.4. The molecule has 0 saturated carbocycles. The van der Waals surface area contributed by atoms with Crippen molar-refractivity contribution >= 4 is 20.9 Å². The van der Waals surface area contributed by atoms with Gasteiger partial charge in [-0.25, -0.2) is 8.42 Å². The zero-order valence-electron chi connectivity index (χ0n) is 18.0. The highest BCUT2D eigenvalue weighted by Crippen LogP contribution is 2.29. The molecule has 1 aliphatic rings. The van der Waals surface area contributed by atoms with Crippen LogP contribution < -0.4 is 0 Å². The molecule has 0 spiro atoms. The Morgan fingerprint density at radius 1 is 1.10 bits per heavy atom. The second-order valence-corrected chi connectivity index (χ2v) is 10.4. The Bertz CT molecular complexity index is 1170. The van der Waals surface area contributed by atoms with Crippen LogP contribution in [-0.4, -0.2) is 47.5 Å². The molecule has 0 radical (unpaired) electrons. The van der Waals surface area contributed by atoms with Crippen molar-refractivity contribution in [2.75, 3.05) is 13.2 Å². The number of pyridine rings is 2. The van der Waals surface area contributed by atoms with E-state index in [2.05, 4.69) is 9.97 Å². The molecule has 0 N–H and O–H groups in total. The van der Waals surface area contributed by atoms with Gasteiger partial charge in [-0.2, -0.15) is 4.31 Å². The highest BCUT2D eigenvalue weighted by atomic mass is 32.2. The van der Waals surface area contributed by atoms with Crippen molar-refractivity contribution in [2.45, 2.75) is 50.5 Å². The average Bonchev–Trinajstić information content (AvgIpc) is 2.72. The molecular formula is C23H27N3O4S. The first-order valence-electron chi connectivity index (χ1n) is 10.3. The van der Waals surface area contributed by atoms with Crippen LogP contribution in [0.3, 0.4) is 0 Å². The van der Waals surface area contributed by atoms with E-state index in [1.807, 2.05) is 45.0 Å². The van der Waals surface area contributed by atoms with Gasteiger partial charge in [0, 0.05) is 24.3 Å². The molecule has 0 aliphatic carbocycles. The standard InChI is InChI=1S/C23H27N3O4S/c1-23(2,3)30-15-19-14-29-16-20-18(9-6-11-24-20)13-26(19)31(27,28)21-10-4-7-17-8-5-12-25-22(17)21/h4-12,19H,13-16H2,1-3H3/t19-/m0/s1. The summed E-state index contributed by atoms with van der Waals surface area (Å²) in [6.45, 7) is 6.80. The summed E-state index contributed by atoms with van der Waals surface area (Å²) in [6.07, 6.45) is 3.30. The Hall–Kier alpha value is -2.39. The number of aromatic nitrogens is 2. The van der Waals surface area contributed by atoms with Crippen molar-refractivity contribution in [1.82, 2.24) is 14.3 Å². The Kier molecular flexibility index (Phi) is 6.07. The number of ether oxygens (including phenoxy) is 2. The van der Waals surface area contributed by atoms with Gasteiger partial charge in [0.25, 0.3) is 0 Å². The van der Waals surface area contributed by atoms with E-state index in [1.54, 1.807) is 30.6 Å². The highest BCUT2D eigenvalue weighted by Gasteiger charge is 2.36. The van der Waals surface area contributed by atoms with Crippen LogP contribution in [0.1, 0.15) is 32.0 Å². The van der Waals surface area contributed by atoms with Crippen LogP contribution in [0.15, 0.2) is 59.8 Å². The summed E-state index contributed by atoms with van der Waals surface area (Å²) in [5, 5.41) is 0.774. The van der Waals surface area contributed by atoms with Crippen LogP contribution in [0.2, 0.25) is 0 Å². The second-order valence-electron chi connectivity index (χ2n) is 8.58. The van der Waals surface area contributed by atoms with Crippen LogP contribution in [-0.2, 0) is 32.6 Å². The Balaban J connectivity index is 1.80. The predicted molar refractivity (Wildman–Crippen MR) is 118 cm³/mol. The van der Waals surface area contributed by atoms with E-state index in [0.717, 1.165) is 16.6 Å². The van der Waals surface area contributed by atoms with Crippen molar-refractivity contribution < 1.29 is 17.9 Å². The molecule has 0 amide bonds. The minimum atomic E-state index is -3.90. The summed E-state index contributed by atoms with van der Waals surface area (Å²) in [5.41, 5.74) is 1.61. The van der Waals surface area contributed by atoms with Crippen LogP contribution in [0.4, 0.5) is 0 Å². The first-order chi connectivity index (χ1) is 14.8. The lowest BCUT2D eigenvalue weighted by Gasteiger charge is -2.34. The van der Waals surface area contributed by atoms with Crippen molar-refractivity contribution in [3.63, 3.8) is 0 Å². The number of hydrogen-bond acceptors (Lipinski definition) is 6. The first kappa shape index (κ1) is 21.8. The average molecular weight is 442 g/mol. The third-order valence-electron chi connectivity index (χ3n) is 5.16. The lowest BCUT2D eigenvalue weighted by atomic mass is 10.1. The van der Waals surface area contributed by atoms with E-state index in [4.69, 9.17) is 9.47 Å². The molecule has 8 heteroatoms. The maximum atomic E-state index is 14.0. The molecule has 7 nitrogen and oxygen atoms in total. The summed E-state index contributed by atoms with van der Waals surface area (Å²) in [5.74, 6) is 0. The molecule has 31 heavy (non-hydrogen) atoms. The van der Waals surface area contributed by atoms with Crippen molar-refractivity contribution in [1.29, 1.82) is 0 Å². The smallest absolute Gasteiger partial charge is 0.245 e. The molecule has 164 valence electrons. The highest BCUT2D eigenvalue weighted by molar-refractivity contribution is 7.89. The van der Waals surface area contributed by atoms with Gasteiger partial charge in [-0.3, -0.25) is 9.97 Å². The minimum Gasteiger partial charge on any atom is -0.374 e. The maximum Gasteiger partial charge on any atom is 0.245 e. The fourth-order valence-electron chi connectivity index (χ4n) is 3.59. The van der Waals surface area contributed by atoms with Crippen LogP contribution in [0.5, 0.6) is 0 Å². The van der Waals surface area contributed by atoms with Gasteiger partial charge in [0.2, 0.25) is 10.0 Å². The SMILES string of the molecule is CC(C)(C)OC[C@@H]1COCc2ncccc2CN1S(=O)(=O)c1cccc2cccnc12. The number of para-hydroxylation sites is 1. The van der Waals surface area contributed by atoms with Crippen molar-refractivity contribution in [3.05, 3.63) is 66.1 Å². The fraction of sp³-hybridized carbons (Fsp3) is 0.391. The quantitative estimate of drug-likeness (QED) is 0.616. The van der Waals surface area contributed by atoms with E-state index >= 15 is 0 Å². The molecule has 1 aromatic carbocycles. The fourth-order valence-corrected chi connectivity index (χ4v) is 5.33. The van der Waals surface area contributed by atoms with Gasteiger partial charge >= 0.3 is 0 Å². The summed E-state index contributed by atoms with van der Waals surface area (Å²) in [6, 6.07) is 12.1. The van der Waals surface area contributed by atoms with Crippen molar-refractivity contribution in [2.24, 2.45) is 0 Å². The number of sulfonamides is 1. The molecule has 4 rings (SSSR count). The van der Waals surface area contributed by atoms with Crippen LogP contribution in [0, 0.1) is 0 Å². The Labute approximate surface area is 183 Å². The number of fused-ring (bicyclic) bond motifs is 2. The van der Waals surface area contributed by atoms with Crippen molar-refractivity contribution in [3.8, 4) is 0 Å². The summed E-state index contributed by atoms with van der Waals surface area (Å²) >= 11 is 0. The van der Waals surface area contributed by atoms with Gasteiger partial charge in [0.05, 0.1) is 42.7 Å². The molecule has 1 aliphatic heterocycles. The Morgan fingerprint density at radius 2 is 1.84 bits per heavy atom. The maximum absolute atomic E-state index is 14.0. The molecule has 0 bridgehead atoms. The number of rotatable bonds is 4. The second kappa shape index (κ2) is 8.63. The lowest BCUT2D eigenvalue weighted by molar-refractivity contribution is -0.0462. The summed E-state index contributed by atoms with van der Waals surface area (Å²) in [7, 11) is -3.90. The molecule has 0 unspecified atom stereocenters. The Morgan fingerprint density at radius 3 is 2.65 bits per heavy atom. The third-order valence-corrected chi connectivity index (χ3v) is 7.09. The number of benzene rings is 1. The summed E-state index contributed by atoms with van der Waals surface area (Å²) in [4.78, 5) is 8.92. The molecule has 1 atom stereocenters. The first-order valence-corrected chi connectivity index (χ1v) is 11.7. The van der Waals surface area contributed by atoms with E-state index in [9.17, 15) is 8.42 Å². The number of hydrogen-bond donors (Lipinski definition) is 0. The lowest BCUT2D eigenvalue weighted by Crippen LogP contribution is -2.47. The molecular weight excluding hydrogens is 414 g/mol. The van der Waals surface area contributed by atoms with Gasteiger partial charge < -0.3 is 9.47 Å². The van der Waals surface area contributed by atoms with Gasteiger partial charge in [-0.1, -0.05) is 24.3 Å². The molecule has 0 saturated heterocycles. The van der Waals surface area contributed by atoms with Crippen LogP contribution >= 0.6 is 0 Å². The van der Waals surface area contributed by atoms with E-state index < -0.39 is 21.7 Å². The van der Waals surface area contributed by atoms with Gasteiger partial charge in [0.15, 0.2) is 0 Å². The molecule has 2 aromatic heterocycles. The van der Waals surface area contributed by atoms with Gasteiger partial charge in [0.1, 0.15) is 4.90 Å². The zero-order chi connectivity index (χ0) is 22.1. The third kappa shape index (κ3) is 4.77. The minimum absolute atomic E-state index is 0.178. The summed E-state index contributed by atoms with van der Waals surface area (Å²) < 4.78 is 41.3. The van der Waals surface area contributed by atoms with Gasteiger partial charge in [-0.05, 0) is 44.5 Å². The monoisotopic (exact) mass is 441 g/mol. The zero-order valence-corrected chi connectivity index (χ0v) is 18.8. The largest absolute Gasteiger partial charge is 0.374 e. The number of nitrogens with zero attached hydrogens (tertiary/aromatic N) is 3. The molecule has 0 fully saturated rings. The van der Waals surface area contributed by atoms with Gasteiger partial charge in [-0.15, -0.1) is 0 Å². The van der Waals surface area contributed by atoms with E-state index in [1.165, 1.54) is 4.31 Å². The van der Waals surface area contributed by atoms with E-state index in [-0.39, 0.29) is 24.7 Å². The molecule has 3 aromatic rings. The van der Waals surface area contributed by atoms with Crippen LogP contribution in [0.25, 0.3) is 10.9 Å². The predicted octanol–water partition coefficient (Wildman–Crippen LogP) is 3.53.